The zero-order valence-electron chi connectivity index (χ0n) is 67.7. The van der Waals surface area contributed by atoms with Crippen molar-refractivity contribution < 1.29 is 0 Å². The first-order valence-corrected chi connectivity index (χ1v) is 42.4. The Morgan fingerprint density at radius 2 is 0.476 bits per heavy atom. The number of nitrogens with zero attached hydrogens (tertiary/aromatic N) is 6. The van der Waals surface area contributed by atoms with E-state index in [0.717, 1.165) is 118 Å². The number of anilines is 6. The molecule has 0 atom stereocenters. The zero-order chi connectivity index (χ0) is 82.0. The molecule has 0 aliphatic rings. The molecule has 0 aliphatic heterocycles. The van der Waals surface area contributed by atoms with Gasteiger partial charge in [-0.05, 0) is 210 Å². The molecule has 24 rings (SSSR count). The van der Waals surface area contributed by atoms with E-state index >= 15 is 0 Å². The molecule has 0 bridgehead atoms. The highest BCUT2D eigenvalue weighted by atomic mass is 15.1. The molecule has 6 nitrogen and oxygen atoms in total. The molecule has 0 N–H and O–H groups in total. The Balaban J connectivity index is 0.000000143. The minimum atomic E-state index is 0.882. The van der Waals surface area contributed by atoms with Crippen molar-refractivity contribution in [3.63, 3.8) is 0 Å². The summed E-state index contributed by atoms with van der Waals surface area (Å²) in [4.78, 5) is 15.6. The van der Waals surface area contributed by atoms with Gasteiger partial charge >= 0.3 is 0 Å². The van der Waals surface area contributed by atoms with E-state index in [1.165, 1.54) is 103 Å². The van der Waals surface area contributed by atoms with Gasteiger partial charge in [-0.1, -0.05) is 340 Å². The largest absolute Gasteiger partial charge is 0.311 e. The molecule has 0 spiro atoms. The molecular weight excluding hydrogens is 1500 g/mol. The molecule has 4 aromatic heterocycles. The van der Waals surface area contributed by atoms with Crippen molar-refractivity contribution in [3.8, 4) is 78.7 Å². The van der Waals surface area contributed by atoms with Gasteiger partial charge in [0.25, 0.3) is 0 Å². The van der Waals surface area contributed by atoms with Crippen LogP contribution in [0.5, 0.6) is 0 Å². The summed E-state index contributed by atoms with van der Waals surface area (Å²) in [5, 5.41) is 19.6. The van der Waals surface area contributed by atoms with Crippen LogP contribution in [0.4, 0.5) is 34.1 Å². The molecule has 124 heavy (non-hydrogen) atoms. The molecule has 4 heterocycles. The average Bonchev–Trinajstić information content (AvgIpc) is 1.49. The quantitative estimate of drug-likeness (QED) is 0.102. The van der Waals surface area contributed by atoms with Gasteiger partial charge < -0.3 is 14.4 Å². The maximum Gasteiger partial charge on any atom is 0.138 e. The fourth-order valence-corrected chi connectivity index (χ4v) is 19.2. The molecule has 6 heteroatoms. The van der Waals surface area contributed by atoms with Crippen LogP contribution in [0, 0.1) is 0 Å². The summed E-state index contributed by atoms with van der Waals surface area (Å²) in [7, 11) is 0. The standard InChI is InChI=1S/C60H41N3.C58H37N3/c1-5-19-43(20-6-1)61(44-21-7-2-8-22-44)47-35-33-42(34-36-47)55-41-56-51-28-14-16-30-53(51)60-59(58(56)52-29-15-13-27-50(52)55)54-31-17-18-32-57(54)63(60)49-39-37-48(38-40-49)62(45-23-9-3-10-24-45)46-25-11-4-12-26-46;1-5-19-38(20-6-1)42-33-51(40-23-9-3-10-24-40)59-53(35-42)49-37-50-45-28-14-16-30-47(45)58-57(56(50)46-29-15-13-27-44(46)49)48-31-17-18-32-54(48)61(58)55-36-43(39-21-7-2-8-22-39)34-52(60-55)41-25-11-4-12-26-41/h1-41H;1-37H. The van der Waals surface area contributed by atoms with E-state index in [2.05, 4.69) is 492 Å². The molecule has 0 aliphatic carbocycles. The Morgan fingerprint density at radius 3 is 0.919 bits per heavy atom. The molecule has 20 aromatic carbocycles. The van der Waals surface area contributed by atoms with Crippen molar-refractivity contribution in [3.05, 3.63) is 473 Å². The van der Waals surface area contributed by atoms with Gasteiger partial charge in [-0.15, -0.1) is 0 Å². The number of hydrogen-bond acceptors (Lipinski definition) is 4. The van der Waals surface area contributed by atoms with E-state index in [-0.39, 0.29) is 0 Å². The lowest BCUT2D eigenvalue weighted by Crippen LogP contribution is -2.09. The monoisotopic (exact) mass is 1580 g/mol. The van der Waals surface area contributed by atoms with Crippen LogP contribution >= 0.6 is 0 Å². The second kappa shape index (κ2) is 31.0. The number of aromatic nitrogens is 4. The van der Waals surface area contributed by atoms with Gasteiger partial charge in [0.05, 0.1) is 39.1 Å². The number of rotatable bonds is 14. The highest BCUT2D eigenvalue weighted by Gasteiger charge is 2.27. The maximum absolute atomic E-state index is 5.50. The average molecular weight is 1580 g/mol. The molecule has 580 valence electrons. The number of hydrogen-bond donors (Lipinski definition) is 0. The lowest BCUT2D eigenvalue weighted by Gasteiger charge is -2.25. The fraction of sp³-hybridized carbons (Fsp3) is 0. The summed E-state index contributed by atoms with van der Waals surface area (Å²) in [5.41, 5.74) is 25.6. The van der Waals surface area contributed by atoms with Gasteiger partial charge in [-0.2, -0.15) is 0 Å². The van der Waals surface area contributed by atoms with Gasteiger partial charge in [-0.25, -0.2) is 9.97 Å². The lowest BCUT2D eigenvalue weighted by molar-refractivity contribution is 1.09. The zero-order valence-corrected chi connectivity index (χ0v) is 67.7. The SMILES string of the molecule is c1ccc(-c2cc(-c3ccccc3)nc(-c3cc4c5ccccc5c5c(c6ccccc6n5-c5cc(-c6ccccc6)cc(-c6ccccc6)n5)c4c4ccccc34)c2)cc1.c1ccc(N(c2ccccc2)c2ccc(-c3cc4c5ccccc5c5c(c6ccccc6n5-c5ccc(N(c6ccccc6)c6ccccc6)cc5)c4c4ccccc34)cc2)cc1. The Hall–Kier alpha value is -16.5. The normalized spacial score (nSPS) is 11.5. The third-order valence-corrected chi connectivity index (χ3v) is 24.6. The van der Waals surface area contributed by atoms with Crippen molar-refractivity contribution in [2.75, 3.05) is 9.80 Å². The maximum atomic E-state index is 5.50. The highest BCUT2D eigenvalue weighted by Crippen LogP contribution is 2.51. The van der Waals surface area contributed by atoms with E-state index in [1.807, 2.05) is 0 Å². The predicted octanol–water partition coefficient (Wildman–Crippen LogP) is 32.2. The van der Waals surface area contributed by atoms with E-state index in [9.17, 15) is 0 Å². The van der Waals surface area contributed by atoms with Crippen LogP contribution in [0.25, 0.3) is 187 Å². The minimum Gasteiger partial charge on any atom is -0.311 e. The van der Waals surface area contributed by atoms with E-state index in [1.54, 1.807) is 0 Å². The molecule has 0 saturated heterocycles. The van der Waals surface area contributed by atoms with E-state index in [0.29, 0.717) is 0 Å². The van der Waals surface area contributed by atoms with Crippen molar-refractivity contribution >= 4 is 142 Å². The van der Waals surface area contributed by atoms with Crippen molar-refractivity contribution in [2.24, 2.45) is 0 Å². The molecule has 0 radical (unpaired) electrons. The summed E-state index contributed by atoms with van der Waals surface area (Å²) in [6, 6.07) is 170. The predicted molar refractivity (Wildman–Crippen MR) is 524 cm³/mol. The first-order chi connectivity index (χ1) is 61.6. The molecule has 0 amide bonds. The lowest BCUT2D eigenvalue weighted by atomic mass is 9.88. The third kappa shape index (κ3) is 12.7. The highest BCUT2D eigenvalue weighted by molar-refractivity contribution is 6.40. The fourth-order valence-electron chi connectivity index (χ4n) is 19.2. The smallest absolute Gasteiger partial charge is 0.138 e. The van der Waals surface area contributed by atoms with Crippen LogP contribution in [0.15, 0.2) is 473 Å². The Labute approximate surface area is 718 Å². The Kier molecular flexibility index (Phi) is 18.2. The van der Waals surface area contributed by atoms with Crippen LogP contribution < -0.4 is 9.80 Å². The van der Waals surface area contributed by atoms with Gasteiger partial charge in [0, 0.05) is 99.6 Å². The number of benzene rings is 20. The summed E-state index contributed by atoms with van der Waals surface area (Å²) in [6.45, 7) is 0. The first-order valence-electron chi connectivity index (χ1n) is 42.4. The summed E-state index contributed by atoms with van der Waals surface area (Å²) in [6.07, 6.45) is 0. The van der Waals surface area contributed by atoms with Crippen LogP contribution in [0.1, 0.15) is 0 Å². The second-order valence-corrected chi connectivity index (χ2v) is 31.8. The number of fused-ring (bicyclic) bond motifs is 20. The van der Waals surface area contributed by atoms with E-state index in [4.69, 9.17) is 9.97 Å². The van der Waals surface area contributed by atoms with Gasteiger partial charge in [0.2, 0.25) is 0 Å². The van der Waals surface area contributed by atoms with Crippen LogP contribution in [-0.2, 0) is 0 Å². The van der Waals surface area contributed by atoms with Crippen LogP contribution in [0.3, 0.4) is 0 Å². The van der Waals surface area contributed by atoms with Crippen molar-refractivity contribution in [1.29, 1.82) is 0 Å². The van der Waals surface area contributed by atoms with E-state index < -0.39 is 0 Å². The van der Waals surface area contributed by atoms with Gasteiger partial charge in [0.15, 0.2) is 0 Å². The van der Waals surface area contributed by atoms with Crippen molar-refractivity contribution in [2.45, 2.75) is 0 Å². The molecule has 24 aromatic rings. The molecular formula is C118H78N6. The molecule has 0 fully saturated rings. The summed E-state index contributed by atoms with van der Waals surface area (Å²) < 4.78 is 4.89. The van der Waals surface area contributed by atoms with Crippen LogP contribution in [0.2, 0.25) is 0 Å². The molecule has 0 unspecified atom stereocenters. The van der Waals surface area contributed by atoms with Crippen molar-refractivity contribution in [1.82, 2.24) is 19.1 Å². The van der Waals surface area contributed by atoms with Crippen LogP contribution in [-0.4, -0.2) is 19.1 Å². The minimum absolute atomic E-state index is 0.882. The van der Waals surface area contributed by atoms with Gasteiger partial charge in [-0.3, -0.25) is 4.57 Å². The van der Waals surface area contributed by atoms with Gasteiger partial charge in [0.1, 0.15) is 5.82 Å². The Morgan fingerprint density at radius 1 is 0.169 bits per heavy atom. The Bertz CT molecular complexity index is 7970. The summed E-state index contributed by atoms with van der Waals surface area (Å²) >= 11 is 0. The summed E-state index contributed by atoms with van der Waals surface area (Å²) in [5.74, 6) is 0.882. The second-order valence-electron chi connectivity index (χ2n) is 31.8. The third-order valence-electron chi connectivity index (χ3n) is 24.6. The number of para-hydroxylation sites is 6. The molecule has 0 saturated carbocycles. The number of pyridine rings is 2. The topological polar surface area (TPSA) is 42.1 Å². The first kappa shape index (κ1) is 72.7.